The maximum atomic E-state index is 12.0. The molecule has 0 radical (unpaired) electrons. The SMILES string of the molecule is CNC(=S)Nc1cc(C(=O)OC)cc2c1cnn2C1CCCCO1. The highest BCUT2D eigenvalue weighted by atomic mass is 32.1. The molecule has 0 amide bonds. The van der Waals surface area contributed by atoms with Gasteiger partial charge >= 0.3 is 5.97 Å². The molecular formula is C16H20N4O3S. The summed E-state index contributed by atoms with van der Waals surface area (Å²) in [5.41, 5.74) is 1.95. The van der Waals surface area contributed by atoms with Crippen LogP contribution in [-0.2, 0) is 9.47 Å². The molecule has 0 saturated carbocycles. The van der Waals surface area contributed by atoms with Crippen LogP contribution >= 0.6 is 12.2 Å². The maximum absolute atomic E-state index is 12.0. The van der Waals surface area contributed by atoms with E-state index in [-0.39, 0.29) is 6.23 Å². The number of hydrogen-bond donors (Lipinski definition) is 2. The predicted molar refractivity (Wildman–Crippen MR) is 95.2 cm³/mol. The summed E-state index contributed by atoms with van der Waals surface area (Å²) in [6, 6.07) is 3.49. The van der Waals surface area contributed by atoms with E-state index in [4.69, 9.17) is 21.7 Å². The summed E-state index contributed by atoms with van der Waals surface area (Å²) in [7, 11) is 3.09. The minimum atomic E-state index is -0.410. The molecule has 0 bridgehead atoms. The number of rotatable bonds is 3. The van der Waals surface area contributed by atoms with Crippen molar-refractivity contribution in [3.8, 4) is 0 Å². The third kappa shape index (κ3) is 3.20. The molecule has 0 aliphatic carbocycles. The topological polar surface area (TPSA) is 77.4 Å². The van der Waals surface area contributed by atoms with Crippen LogP contribution in [0.15, 0.2) is 18.3 Å². The molecule has 1 unspecified atom stereocenters. The molecule has 1 aromatic carbocycles. The third-order valence-corrected chi connectivity index (χ3v) is 4.35. The highest BCUT2D eigenvalue weighted by Gasteiger charge is 2.21. The van der Waals surface area contributed by atoms with Gasteiger partial charge in [-0.3, -0.25) is 0 Å². The van der Waals surface area contributed by atoms with E-state index >= 15 is 0 Å². The summed E-state index contributed by atoms with van der Waals surface area (Å²) in [5.74, 6) is -0.410. The van der Waals surface area contributed by atoms with E-state index in [0.29, 0.717) is 16.4 Å². The quantitative estimate of drug-likeness (QED) is 0.651. The van der Waals surface area contributed by atoms with Crippen LogP contribution in [0.4, 0.5) is 5.69 Å². The zero-order valence-electron chi connectivity index (χ0n) is 13.7. The lowest BCUT2D eigenvalue weighted by atomic mass is 10.1. The lowest BCUT2D eigenvalue weighted by Crippen LogP contribution is -2.24. The Morgan fingerprint density at radius 1 is 1.46 bits per heavy atom. The van der Waals surface area contributed by atoms with Gasteiger partial charge in [-0.05, 0) is 43.6 Å². The lowest BCUT2D eigenvalue weighted by Gasteiger charge is -2.23. The Morgan fingerprint density at radius 3 is 2.96 bits per heavy atom. The molecule has 0 spiro atoms. The van der Waals surface area contributed by atoms with E-state index in [1.54, 1.807) is 25.4 Å². The largest absolute Gasteiger partial charge is 0.465 e. The van der Waals surface area contributed by atoms with Gasteiger partial charge in [0.25, 0.3) is 0 Å². The van der Waals surface area contributed by atoms with Gasteiger partial charge in [0.15, 0.2) is 11.3 Å². The van der Waals surface area contributed by atoms with Crippen LogP contribution in [-0.4, -0.2) is 41.6 Å². The average Bonchev–Trinajstić information content (AvgIpc) is 3.05. The number of nitrogens with one attached hydrogen (secondary N) is 2. The first-order valence-electron chi connectivity index (χ1n) is 7.84. The number of thiocarbonyl (C=S) groups is 1. The molecule has 128 valence electrons. The molecule has 2 aromatic rings. The van der Waals surface area contributed by atoms with Crippen LogP contribution in [0.2, 0.25) is 0 Å². The number of benzene rings is 1. The number of nitrogens with zero attached hydrogens (tertiary/aromatic N) is 2. The summed E-state index contributed by atoms with van der Waals surface area (Å²) >= 11 is 5.18. The Balaban J connectivity index is 2.10. The molecule has 1 saturated heterocycles. The summed E-state index contributed by atoms with van der Waals surface area (Å²) < 4.78 is 12.5. The number of esters is 1. The van der Waals surface area contributed by atoms with Crippen molar-refractivity contribution in [3.05, 3.63) is 23.9 Å². The van der Waals surface area contributed by atoms with Crippen molar-refractivity contribution < 1.29 is 14.3 Å². The van der Waals surface area contributed by atoms with E-state index in [2.05, 4.69) is 15.7 Å². The predicted octanol–water partition coefficient (Wildman–Crippen LogP) is 2.44. The Bertz CT molecular complexity index is 768. The van der Waals surface area contributed by atoms with Gasteiger partial charge in [0.2, 0.25) is 0 Å². The summed E-state index contributed by atoms with van der Waals surface area (Å²) in [6.07, 6.45) is 4.70. The number of anilines is 1. The van der Waals surface area contributed by atoms with Crippen LogP contribution in [0.5, 0.6) is 0 Å². The standard InChI is InChI=1S/C16H20N4O3S/c1-17-16(24)19-12-7-10(15(21)22-2)8-13-11(12)9-18-20(13)14-5-3-4-6-23-14/h7-9,14H,3-6H2,1-2H3,(H2,17,19,24). The number of aromatic nitrogens is 2. The highest BCUT2D eigenvalue weighted by Crippen LogP contribution is 2.31. The van der Waals surface area contributed by atoms with Gasteiger partial charge in [-0.15, -0.1) is 0 Å². The van der Waals surface area contributed by atoms with Gasteiger partial charge in [-0.2, -0.15) is 5.10 Å². The third-order valence-electron chi connectivity index (χ3n) is 4.04. The summed E-state index contributed by atoms with van der Waals surface area (Å²) in [6.45, 7) is 0.720. The molecule has 24 heavy (non-hydrogen) atoms. The lowest BCUT2D eigenvalue weighted by molar-refractivity contribution is -0.0366. The second-order valence-electron chi connectivity index (χ2n) is 5.56. The average molecular weight is 348 g/mol. The first-order chi connectivity index (χ1) is 11.6. The monoisotopic (exact) mass is 348 g/mol. The number of fused-ring (bicyclic) bond motifs is 1. The van der Waals surface area contributed by atoms with Gasteiger partial charge in [0, 0.05) is 19.0 Å². The van der Waals surface area contributed by atoms with Crippen molar-refractivity contribution in [1.29, 1.82) is 0 Å². The number of ether oxygens (including phenoxy) is 2. The fourth-order valence-electron chi connectivity index (χ4n) is 2.82. The van der Waals surface area contributed by atoms with Crippen LogP contribution in [0.3, 0.4) is 0 Å². The number of carbonyl (C=O) groups is 1. The summed E-state index contributed by atoms with van der Waals surface area (Å²) in [4.78, 5) is 12.0. The van der Waals surface area contributed by atoms with E-state index in [1.165, 1.54) is 7.11 Å². The molecular weight excluding hydrogens is 328 g/mol. The smallest absolute Gasteiger partial charge is 0.338 e. The molecule has 1 fully saturated rings. The van der Waals surface area contributed by atoms with E-state index in [9.17, 15) is 4.79 Å². The van der Waals surface area contributed by atoms with Gasteiger partial charge < -0.3 is 20.1 Å². The Morgan fingerprint density at radius 2 is 2.29 bits per heavy atom. The van der Waals surface area contributed by atoms with Crippen LogP contribution in [0.25, 0.3) is 10.9 Å². The Hall–Kier alpha value is -2.19. The second kappa shape index (κ2) is 7.14. The number of hydrogen-bond acceptors (Lipinski definition) is 5. The van der Waals surface area contributed by atoms with Crippen molar-refractivity contribution in [1.82, 2.24) is 15.1 Å². The fourth-order valence-corrected chi connectivity index (χ4v) is 2.93. The second-order valence-corrected chi connectivity index (χ2v) is 5.97. The normalized spacial score (nSPS) is 17.5. The summed E-state index contributed by atoms with van der Waals surface area (Å²) in [5, 5.41) is 11.8. The van der Waals surface area contributed by atoms with Gasteiger partial charge in [-0.1, -0.05) is 0 Å². The number of carbonyl (C=O) groups excluding carboxylic acids is 1. The molecule has 7 nitrogen and oxygen atoms in total. The molecule has 1 atom stereocenters. The number of methoxy groups -OCH3 is 1. The van der Waals surface area contributed by atoms with Crippen molar-refractivity contribution in [2.45, 2.75) is 25.5 Å². The first-order valence-corrected chi connectivity index (χ1v) is 8.24. The Kier molecular flexibility index (Phi) is 4.96. The molecule has 2 N–H and O–H groups in total. The van der Waals surface area contributed by atoms with Crippen LogP contribution < -0.4 is 10.6 Å². The maximum Gasteiger partial charge on any atom is 0.338 e. The van der Waals surface area contributed by atoms with E-state index in [0.717, 1.165) is 36.8 Å². The van der Waals surface area contributed by atoms with Crippen LogP contribution in [0.1, 0.15) is 35.8 Å². The van der Waals surface area contributed by atoms with E-state index in [1.807, 2.05) is 4.68 Å². The van der Waals surface area contributed by atoms with Crippen LogP contribution in [0, 0.1) is 0 Å². The highest BCUT2D eigenvalue weighted by molar-refractivity contribution is 7.80. The molecule has 3 rings (SSSR count). The minimum Gasteiger partial charge on any atom is -0.465 e. The van der Waals surface area contributed by atoms with Gasteiger partial charge in [-0.25, -0.2) is 9.48 Å². The molecule has 2 heterocycles. The molecule has 1 aromatic heterocycles. The Labute approximate surface area is 145 Å². The van der Waals surface area contributed by atoms with Gasteiger partial charge in [0.05, 0.1) is 30.1 Å². The van der Waals surface area contributed by atoms with Crippen molar-refractivity contribution in [2.75, 3.05) is 26.1 Å². The zero-order chi connectivity index (χ0) is 17.1. The minimum absolute atomic E-state index is 0.117. The molecule has 1 aliphatic rings. The zero-order valence-corrected chi connectivity index (χ0v) is 14.5. The first kappa shape index (κ1) is 16.7. The van der Waals surface area contributed by atoms with Gasteiger partial charge in [0.1, 0.15) is 0 Å². The fraction of sp³-hybridized carbons (Fsp3) is 0.438. The molecule has 8 heteroatoms. The van der Waals surface area contributed by atoms with Crippen molar-refractivity contribution in [3.63, 3.8) is 0 Å². The van der Waals surface area contributed by atoms with E-state index < -0.39 is 5.97 Å². The van der Waals surface area contributed by atoms with Crippen molar-refractivity contribution in [2.24, 2.45) is 0 Å². The van der Waals surface area contributed by atoms with Crippen molar-refractivity contribution >= 4 is 39.9 Å². The molecule has 1 aliphatic heterocycles.